The molecule has 26 heavy (non-hydrogen) atoms. The molecule has 3 aromatic carbocycles. The fraction of sp³-hybridized carbons (Fsp3) is 0.250. The summed E-state index contributed by atoms with van der Waals surface area (Å²) in [6.45, 7) is 7.62. The first-order valence-electron chi connectivity index (χ1n) is 8.91. The summed E-state index contributed by atoms with van der Waals surface area (Å²) in [4.78, 5) is 2.29. The molecule has 0 fully saturated rings. The van der Waals surface area contributed by atoms with Crippen molar-refractivity contribution in [3.05, 3.63) is 83.9 Å². The Bertz CT molecular complexity index is 867. The molecule has 0 aliphatic rings. The van der Waals surface area contributed by atoms with E-state index in [-0.39, 0.29) is 17.8 Å². The van der Waals surface area contributed by atoms with Gasteiger partial charge in [0.1, 0.15) is 0 Å². The van der Waals surface area contributed by atoms with Gasteiger partial charge in [0.25, 0.3) is 0 Å². The SMILES string of the molecule is CN(C/C=C/c1ccc(C(C)(C)C)cc1)c1cccc2ccccc12.Cl. The van der Waals surface area contributed by atoms with Gasteiger partial charge in [-0.05, 0) is 28.0 Å². The Morgan fingerprint density at radius 3 is 2.19 bits per heavy atom. The summed E-state index contributed by atoms with van der Waals surface area (Å²) >= 11 is 0. The van der Waals surface area contributed by atoms with Crippen LogP contribution in [0.1, 0.15) is 31.9 Å². The Hall–Kier alpha value is -2.25. The molecule has 0 spiro atoms. The minimum atomic E-state index is 0. The van der Waals surface area contributed by atoms with E-state index < -0.39 is 0 Å². The molecular weight excluding hydrogens is 338 g/mol. The van der Waals surface area contributed by atoms with E-state index >= 15 is 0 Å². The molecule has 0 aliphatic carbocycles. The first-order valence-corrected chi connectivity index (χ1v) is 8.91. The number of rotatable bonds is 4. The van der Waals surface area contributed by atoms with Crippen LogP contribution in [0.5, 0.6) is 0 Å². The molecule has 0 radical (unpaired) electrons. The van der Waals surface area contributed by atoms with Crippen molar-refractivity contribution in [1.29, 1.82) is 0 Å². The Morgan fingerprint density at radius 2 is 1.50 bits per heavy atom. The van der Waals surface area contributed by atoms with Gasteiger partial charge in [-0.3, -0.25) is 0 Å². The summed E-state index contributed by atoms with van der Waals surface area (Å²) in [6.07, 6.45) is 4.43. The highest BCUT2D eigenvalue weighted by Crippen LogP contribution is 2.26. The van der Waals surface area contributed by atoms with E-state index in [1.165, 1.54) is 27.6 Å². The van der Waals surface area contributed by atoms with Crippen LogP contribution in [-0.2, 0) is 5.41 Å². The van der Waals surface area contributed by atoms with Gasteiger partial charge in [0.2, 0.25) is 0 Å². The predicted octanol–water partition coefficient (Wildman–Crippen LogP) is 6.71. The highest BCUT2D eigenvalue weighted by atomic mass is 35.5. The second-order valence-corrected chi connectivity index (χ2v) is 7.65. The van der Waals surface area contributed by atoms with Crippen LogP contribution in [0.25, 0.3) is 16.8 Å². The van der Waals surface area contributed by atoms with Crippen LogP contribution in [0.2, 0.25) is 0 Å². The standard InChI is InChI=1S/C24H27N.ClH/c1-24(2,3)21-16-14-19(15-17-21)9-8-18-25(4)23-13-7-11-20-10-5-6-12-22(20)23;/h5-17H,18H2,1-4H3;1H/b9-8+;. The molecule has 0 atom stereocenters. The molecule has 3 rings (SSSR count). The molecular formula is C24H28ClN. The lowest BCUT2D eigenvalue weighted by Gasteiger charge is -2.20. The molecule has 0 amide bonds. The summed E-state index contributed by atoms with van der Waals surface area (Å²) in [5, 5.41) is 2.59. The van der Waals surface area contributed by atoms with Crippen molar-refractivity contribution >= 4 is 34.9 Å². The number of hydrogen-bond acceptors (Lipinski definition) is 1. The first kappa shape index (κ1) is 20.1. The second-order valence-electron chi connectivity index (χ2n) is 7.65. The summed E-state index contributed by atoms with van der Waals surface area (Å²) in [5.74, 6) is 0. The van der Waals surface area contributed by atoms with Gasteiger partial charge in [-0.2, -0.15) is 0 Å². The van der Waals surface area contributed by atoms with E-state index in [0.29, 0.717) is 0 Å². The van der Waals surface area contributed by atoms with Gasteiger partial charge < -0.3 is 4.90 Å². The number of hydrogen-bond donors (Lipinski definition) is 0. The van der Waals surface area contributed by atoms with E-state index in [0.717, 1.165) is 6.54 Å². The minimum absolute atomic E-state index is 0. The second kappa shape index (κ2) is 8.42. The van der Waals surface area contributed by atoms with E-state index in [1.54, 1.807) is 0 Å². The third kappa shape index (κ3) is 4.68. The fourth-order valence-electron chi connectivity index (χ4n) is 3.08. The van der Waals surface area contributed by atoms with E-state index in [9.17, 15) is 0 Å². The number of halogens is 1. The zero-order valence-electron chi connectivity index (χ0n) is 16.1. The average Bonchev–Trinajstić information content (AvgIpc) is 2.61. The van der Waals surface area contributed by atoms with Crippen molar-refractivity contribution in [1.82, 2.24) is 0 Å². The number of nitrogens with zero attached hydrogens (tertiary/aromatic N) is 1. The van der Waals surface area contributed by atoms with E-state index in [2.05, 4.69) is 112 Å². The van der Waals surface area contributed by atoms with Gasteiger partial charge in [-0.15, -0.1) is 12.4 Å². The molecule has 0 unspecified atom stereocenters. The quantitative estimate of drug-likeness (QED) is 0.496. The smallest absolute Gasteiger partial charge is 0.0446 e. The minimum Gasteiger partial charge on any atom is -0.370 e. The number of fused-ring (bicyclic) bond motifs is 1. The highest BCUT2D eigenvalue weighted by Gasteiger charge is 2.12. The molecule has 0 N–H and O–H groups in total. The van der Waals surface area contributed by atoms with Crippen molar-refractivity contribution in [3.63, 3.8) is 0 Å². The van der Waals surface area contributed by atoms with Crippen molar-refractivity contribution < 1.29 is 0 Å². The maximum atomic E-state index is 2.29. The normalized spacial score (nSPS) is 11.5. The van der Waals surface area contributed by atoms with Gasteiger partial charge in [-0.25, -0.2) is 0 Å². The molecule has 0 saturated heterocycles. The van der Waals surface area contributed by atoms with Crippen molar-refractivity contribution in [2.75, 3.05) is 18.5 Å². The monoisotopic (exact) mass is 365 g/mol. The van der Waals surface area contributed by atoms with E-state index in [4.69, 9.17) is 0 Å². The zero-order chi connectivity index (χ0) is 17.9. The fourth-order valence-corrected chi connectivity index (χ4v) is 3.08. The van der Waals surface area contributed by atoms with Gasteiger partial charge in [-0.1, -0.05) is 93.6 Å². The van der Waals surface area contributed by atoms with Gasteiger partial charge >= 0.3 is 0 Å². The highest BCUT2D eigenvalue weighted by molar-refractivity contribution is 5.94. The first-order chi connectivity index (χ1) is 11.9. The van der Waals surface area contributed by atoms with E-state index in [1.807, 2.05) is 0 Å². The summed E-state index contributed by atoms with van der Waals surface area (Å²) in [5.41, 5.74) is 4.10. The molecule has 0 aliphatic heterocycles. The zero-order valence-corrected chi connectivity index (χ0v) is 16.9. The van der Waals surface area contributed by atoms with Gasteiger partial charge in [0, 0.05) is 24.7 Å². The lowest BCUT2D eigenvalue weighted by atomic mass is 9.87. The van der Waals surface area contributed by atoms with Crippen LogP contribution >= 0.6 is 12.4 Å². The Kier molecular flexibility index (Phi) is 6.50. The lowest BCUT2D eigenvalue weighted by Crippen LogP contribution is -2.16. The molecule has 0 saturated carbocycles. The average molecular weight is 366 g/mol. The third-order valence-electron chi connectivity index (χ3n) is 4.64. The summed E-state index contributed by atoms with van der Waals surface area (Å²) < 4.78 is 0. The van der Waals surface area contributed by atoms with Crippen LogP contribution < -0.4 is 4.90 Å². The number of likely N-dealkylation sites (N-methyl/N-ethyl adjacent to an activating group) is 1. The maximum absolute atomic E-state index is 2.29. The summed E-state index contributed by atoms with van der Waals surface area (Å²) in [6, 6.07) is 23.9. The lowest BCUT2D eigenvalue weighted by molar-refractivity contribution is 0.590. The molecule has 136 valence electrons. The molecule has 2 heteroatoms. The van der Waals surface area contributed by atoms with Gasteiger partial charge in [0.05, 0.1) is 0 Å². The Morgan fingerprint density at radius 1 is 0.846 bits per heavy atom. The van der Waals surface area contributed by atoms with Crippen LogP contribution in [0.15, 0.2) is 72.8 Å². The largest absolute Gasteiger partial charge is 0.370 e. The van der Waals surface area contributed by atoms with Crippen molar-refractivity contribution in [2.24, 2.45) is 0 Å². The molecule has 0 heterocycles. The predicted molar refractivity (Wildman–Crippen MR) is 119 cm³/mol. The van der Waals surface area contributed by atoms with Crippen molar-refractivity contribution in [2.45, 2.75) is 26.2 Å². The third-order valence-corrected chi connectivity index (χ3v) is 4.64. The van der Waals surface area contributed by atoms with Crippen molar-refractivity contribution in [3.8, 4) is 0 Å². The topological polar surface area (TPSA) is 3.24 Å². The summed E-state index contributed by atoms with van der Waals surface area (Å²) in [7, 11) is 2.15. The van der Waals surface area contributed by atoms with Crippen LogP contribution in [0.3, 0.4) is 0 Å². The Labute approximate surface area is 163 Å². The molecule has 0 bridgehead atoms. The van der Waals surface area contributed by atoms with Crippen LogP contribution in [0, 0.1) is 0 Å². The number of benzene rings is 3. The molecule has 3 aromatic rings. The van der Waals surface area contributed by atoms with Crippen LogP contribution in [-0.4, -0.2) is 13.6 Å². The maximum Gasteiger partial charge on any atom is 0.0446 e. The van der Waals surface area contributed by atoms with Crippen LogP contribution in [0.4, 0.5) is 5.69 Å². The molecule has 0 aromatic heterocycles. The molecule has 1 nitrogen and oxygen atoms in total. The Balaban J connectivity index is 0.00000243. The number of anilines is 1. The van der Waals surface area contributed by atoms with Gasteiger partial charge in [0.15, 0.2) is 0 Å².